The highest BCUT2D eigenvalue weighted by molar-refractivity contribution is 7.96. The maximum atomic E-state index is 13.3. The summed E-state index contributed by atoms with van der Waals surface area (Å²) in [5.41, 5.74) is 1.63. The van der Waals surface area contributed by atoms with Gasteiger partial charge in [0.25, 0.3) is 5.91 Å². The molecular weight excluding hydrogens is 381 g/mol. The van der Waals surface area contributed by atoms with Crippen LogP contribution >= 0.6 is 0 Å². The zero-order chi connectivity index (χ0) is 19.4. The summed E-state index contributed by atoms with van der Waals surface area (Å²) in [6.45, 7) is 0.791. The quantitative estimate of drug-likeness (QED) is 0.661. The van der Waals surface area contributed by atoms with Crippen LogP contribution in [0.3, 0.4) is 0 Å². The van der Waals surface area contributed by atoms with Gasteiger partial charge in [0.1, 0.15) is 15.6 Å². The lowest BCUT2D eigenvalue weighted by Crippen LogP contribution is -2.60. The molecular formula is C18H25F3N2O3S. The molecule has 1 saturated heterocycles. The monoisotopic (exact) mass is 406 g/mol. The summed E-state index contributed by atoms with van der Waals surface area (Å²) < 4.78 is 67.5. The van der Waals surface area contributed by atoms with Gasteiger partial charge in [-0.3, -0.25) is 4.79 Å². The molecule has 4 unspecified atom stereocenters. The van der Waals surface area contributed by atoms with Gasteiger partial charge in [0.05, 0.1) is 5.92 Å². The fourth-order valence-electron chi connectivity index (χ4n) is 5.17. The van der Waals surface area contributed by atoms with Crippen LogP contribution in [0.2, 0.25) is 0 Å². The largest absolute Gasteiger partial charge is 0.597 e. The minimum absolute atomic E-state index is 0.00113. The standard InChI is InChI=1S/C18H25F3N2O3S/c19-18(20,21)12-5-3-6-13(11-12)27(25,26)23-10-4-9-22-16(23)14-7-1-2-8-15(14)17(22)24/h12-13,16H,1-11H2. The lowest BCUT2D eigenvalue weighted by atomic mass is 9.88. The molecule has 9 heteroatoms. The Hall–Kier alpha value is -0.930. The van der Waals surface area contributed by atoms with E-state index < -0.39 is 33.9 Å². The lowest BCUT2D eigenvalue weighted by molar-refractivity contribution is -0.181. The van der Waals surface area contributed by atoms with Gasteiger partial charge in [0.2, 0.25) is 0 Å². The van der Waals surface area contributed by atoms with Crippen LogP contribution in [-0.2, 0) is 19.4 Å². The Bertz CT molecular complexity index is 708. The number of nitrogens with zero attached hydrogens (tertiary/aromatic N) is 2. The van der Waals surface area contributed by atoms with Gasteiger partial charge in [-0.2, -0.15) is 13.2 Å². The van der Waals surface area contributed by atoms with Gasteiger partial charge >= 0.3 is 6.18 Å². The molecule has 0 spiro atoms. The third-order valence-corrected chi connectivity index (χ3v) is 8.83. The van der Waals surface area contributed by atoms with Gasteiger partial charge in [-0.1, -0.05) is 8.51 Å². The molecule has 2 aliphatic heterocycles. The number of halogens is 3. The molecule has 2 aliphatic carbocycles. The molecule has 27 heavy (non-hydrogen) atoms. The first-order valence-electron chi connectivity index (χ1n) is 9.81. The molecule has 1 amide bonds. The van der Waals surface area contributed by atoms with E-state index >= 15 is 0 Å². The van der Waals surface area contributed by atoms with E-state index in [-0.39, 0.29) is 38.1 Å². The molecule has 0 aromatic heterocycles. The minimum Gasteiger partial charge on any atom is -0.597 e. The fourth-order valence-corrected chi connectivity index (χ4v) is 7.40. The third-order valence-electron chi connectivity index (χ3n) is 6.52. The average Bonchev–Trinajstić information content (AvgIpc) is 2.94. The summed E-state index contributed by atoms with van der Waals surface area (Å²) in [7, 11) is -3.90. The molecule has 0 radical (unpaired) electrons. The van der Waals surface area contributed by atoms with E-state index in [1.165, 1.54) is 4.31 Å². The number of alkyl halides is 3. The normalized spacial score (nSPS) is 35.0. The van der Waals surface area contributed by atoms with Crippen molar-refractivity contribution in [3.63, 3.8) is 0 Å². The Labute approximate surface area is 158 Å². The molecule has 2 fully saturated rings. The van der Waals surface area contributed by atoms with E-state index in [4.69, 9.17) is 0 Å². The van der Waals surface area contributed by atoms with Crippen molar-refractivity contribution < 1.29 is 26.7 Å². The van der Waals surface area contributed by atoms with Crippen molar-refractivity contribution >= 4 is 16.3 Å². The van der Waals surface area contributed by atoms with E-state index in [9.17, 15) is 26.7 Å². The Morgan fingerprint density at radius 3 is 2.52 bits per heavy atom. The number of hydrogen-bond donors (Lipinski definition) is 0. The first-order valence-corrected chi connectivity index (χ1v) is 11.3. The number of hydrogen-bond acceptors (Lipinski definition) is 3. The summed E-state index contributed by atoms with van der Waals surface area (Å²) in [6.07, 6.45) is -1.05. The number of carbonyl (C=O) groups excluding carboxylic acids is 1. The Balaban J connectivity index is 1.62. The van der Waals surface area contributed by atoms with Crippen LogP contribution in [0.4, 0.5) is 13.2 Å². The molecule has 1 saturated carbocycles. The van der Waals surface area contributed by atoms with Crippen molar-refractivity contribution in [1.29, 1.82) is 0 Å². The summed E-state index contributed by atoms with van der Waals surface area (Å²) in [4.78, 5) is 14.3. The van der Waals surface area contributed by atoms with Crippen molar-refractivity contribution in [3.05, 3.63) is 11.1 Å². The van der Waals surface area contributed by atoms with E-state index in [1.54, 1.807) is 4.90 Å². The van der Waals surface area contributed by atoms with Crippen molar-refractivity contribution in [2.45, 2.75) is 75.4 Å². The van der Waals surface area contributed by atoms with E-state index in [0.29, 0.717) is 25.8 Å². The Morgan fingerprint density at radius 2 is 1.78 bits per heavy atom. The number of rotatable bonds is 2. The smallest absolute Gasteiger partial charge is 0.392 e. The van der Waals surface area contributed by atoms with Gasteiger partial charge in [0, 0.05) is 25.1 Å². The van der Waals surface area contributed by atoms with Crippen LogP contribution in [0.1, 0.15) is 57.8 Å². The first kappa shape index (κ1) is 19.4. The highest BCUT2D eigenvalue weighted by atomic mass is 32.3. The van der Waals surface area contributed by atoms with Crippen molar-refractivity contribution in [2.24, 2.45) is 5.92 Å². The second-order valence-electron chi connectivity index (χ2n) is 8.12. The van der Waals surface area contributed by atoms with Gasteiger partial charge in [-0.15, -0.1) is 0 Å². The van der Waals surface area contributed by atoms with Crippen LogP contribution in [0, 0.1) is 5.92 Å². The molecule has 0 aromatic rings. The molecule has 4 aliphatic rings. The first-order chi connectivity index (χ1) is 12.7. The third kappa shape index (κ3) is 3.25. The lowest BCUT2D eigenvalue weighted by Gasteiger charge is -2.45. The van der Waals surface area contributed by atoms with E-state index in [1.807, 2.05) is 0 Å². The van der Waals surface area contributed by atoms with Crippen molar-refractivity contribution in [1.82, 2.24) is 9.21 Å². The number of amides is 1. The van der Waals surface area contributed by atoms with Crippen molar-refractivity contribution in [2.75, 3.05) is 13.1 Å². The van der Waals surface area contributed by atoms with Gasteiger partial charge in [0.15, 0.2) is 6.17 Å². The minimum atomic E-state index is -4.36. The predicted octanol–water partition coefficient (Wildman–Crippen LogP) is 3.40. The zero-order valence-corrected chi connectivity index (χ0v) is 16.0. The highest BCUT2D eigenvalue weighted by Crippen LogP contribution is 2.45. The number of carbonyl (C=O) groups is 1. The van der Waals surface area contributed by atoms with Crippen LogP contribution in [0.25, 0.3) is 0 Å². The SMILES string of the molecule is O=C1C2=C(CCCC2)C2N1CCCN2[S+](=O)([O-])C1CCCC(C(F)(F)F)C1. The van der Waals surface area contributed by atoms with Crippen LogP contribution in [-0.4, -0.2) is 50.3 Å². The predicted molar refractivity (Wildman–Crippen MR) is 92.9 cm³/mol. The molecule has 0 N–H and O–H groups in total. The molecule has 4 atom stereocenters. The summed E-state index contributed by atoms with van der Waals surface area (Å²) in [5.74, 6) is -1.63. The molecule has 2 heterocycles. The second kappa shape index (κ2) is 6.84. The maximum absolute atomic E-state index is 13.3. The topological polar surface area (TPSA) is 63.7 Å². The van der Waals surface area contributed by atoms with Crippen LogP contribution < -0.4 is 0 Å². The summed E-state index contributed by atoms with van der Waals surface area (Å²) >= 11 is 0. The number of sulfonamides is 1. The summed E-state index contributed by atoms with van der Waals surface area (Å²) in [6, 6.07) is 0. The zero-order valence-electron chi connectivity index (χ0n) is 15.2. The summed E-state index contributed by atoms with van der Waals surface area (Å²) in [5, 5.41) is -1.01. The second-order valence-corrected chi connectivity index (χ2v) is 10.3. The van der Waals surface area contributed by atoms with Gasteiger partial charge < -0.3 is 9.45 Å². The Morgan fingerprint density at radius 1 is 1.04 bits per heavy atom. The Kier molecular flexibility index (Phi) is 4.91. The van der Waals surface area contributed by atoms with Crippen LogP contribution in [0.5, 0.6) is 0 Å². The number of fused-ring (bicyclic) bond motifs is 2. The van der Waals surface area contributed by atoms with E-state index in [2.05, 4.69) is 0 Å². The van der Waals surface area contributed by atoms with E-state index in [0.717, 1.165) is 24.0 Å². The molecule has 0 aromatic carbocycles. The molecule has 0 bridgehead atoms. The molecule has 152 valence electrons. The van der Waals surface area contributed by atoms with Gasteiger partial charge in [-0.25, -0.2) is 0 Å². The average molecular weight is 406 g/mol. The van der Waals surface area contributed by atoms with Crippen molar-refractivity contribution in [3.8, 4) is 0 Å². The van der Waals surface area contributed by atoms with Crippen LogP contribution in [0.15, 0.2) is 11.1 Å². The molecule has 5 nitrogen and oxygen atoms in total. The molecule has 4 rings (SSSR count). The highest BCUT2D eigenvalue weighted by Gasteiger charge is 2.54. The maximum Gasteiger partial charge on any atom is 0.392 e. The fraction of sp³-hybridized carbons (Fsp3) is 0.833. The van der Waals surface area contributed by atoms with Gasteiger partial charge in [-0.05, 0) is 56.9 Å².